The average molecular weight is 270 g/mol. The molecule has 5 heteroatoms. The summed E-state index contributed by atoms with van der Waals surface area (Å²) in [5, 5.41) is 14.0. The lowest BCUT2D eigenvalue weighted by atomic mass is 10.1. The van der Waals surface area contributed by atoms with Gasteiger partial charge in [0, 0.05) is 12.5 Å². The predicted molar refractivity (Wildman–Crippen MR) is 79.4 cm³/mol. The molecule has 0 radical (unpaired) electrons. The van der Waals surface area contributed by atoms with Gasteiger partial charge in [-0.15, -0.1) is 10.2 Å². The van der Waals surface area contributed by atoms with E-state index in [1.54, 1.807) is 19.1 Å². The molecule has 1 aromatic heterocycles. The van der Waals surface area contributed by atoms with E-state index < -0.39 is 0 Å². The number of aromatic nitrogens is 2. The fourth-order valence-electron chi connectivity index (χ4n) is 1.75. The van der Waals surface area contributed by atoms with Crippen molar-refractivity contribution < 1.29 is 4.79 Å². The molecule has 2 aromatic rings. The van der Waals surface area contributed by atoms with Crippen molar-refractivity contribution in [3.8, 4) is 0 Å². The van der Waals surface area contributed by atoms with E-state index in [-0.39, 0.29) is 11.9 Å². The van der Waals surface area contributed by atoms with Gasteiger partial charge < -0.3 is 10.6 Å². The van der Waals surface area contributed by atoms with E-state index in [4.69, 9.17) is 0 Å². The summed E-state index contributed by atoms with van der Waals surface area (Å²) in [5.74, 6) is 1.07. The molecule has 2 rings (SSSR count). The second-order valence-corrected chi connectivity index (χ2v) is 4.48. The molecular formula is C15H18N4O. The molecule has 0 bridgehead atoms. The third kappa shape index (κ3) is 3.78. The van der Waals surface area contributed by atoms with Crippen LogP contribution in [0.15, 0.2) is 42.5 Å². The first-order valence-electron chi connectivity index (χ1n) is 6.64. The molecule has 1 amide bonds. The monoisotopic (exact) mass is 270 g/mol. The Morgan fingerprint density at radius 1 is 1.10 bits per heavy atom. The topological polar surface area (TPSA) is 66.9 Å². The lowest BCUT2D eigenvalue weighted by molar-refractivity contribution is -0.115. The van der Waals surface area contributed by atoms with Crippen LogP contribution >= 0.6 is 0 Å². The molecule has 1 atom stereocenters. The summed E-state index contributed by atoms with van der Waals surface area (Å²) in [4.78, 5) is 11.2. The Morgan fingerprint density at radius 2 is 1.75 bits per heavy atom. The van der Waals surface area contributed by atoms with Gasteiger partial charge in [-0.25, -0.2) is 0 Å². The van der Waals surface area contributed by atoms with Crippen LogP contribution in [0.4, 0.5) is 11.6 Å². The number of hydrogen-bond donors (Lipinski definition) is 2. The Balaban J connectivity index is 1.98. The first kappa shape index (κ1) is 14.0. The minimum absolute atomic E-state index is 0.0716. The minimum Gasteiger partial charge on any atom is -0.362 e. The van der Waals surface area contributed by atoms with E-state index in [0.29, 0.717) is 18.1 Å². The third-order valence-corrected chi connectivity index (χ3v) is 2.92. The van der Waals surface area contributed by atoms with Gasteiger partial charge in [0.05, 0.1) is 0 Å². The fraction of sp³-hybridized carbons (Fsp3) is 0.267. The van der Waals surface area contributed by atoms with Crippen LogP contribution in [0, 0.1) is 0 Å². The highest BCUT2D eigenvalue weighted by Crippen LogP contribution is 2.17. The zero-order valence-corrected chi connectivity index (χ0v) is 11.6. The van der Waals surface area contributed by atoms with Crippen molar-refractivity contribution in [3.05, 3.63) is 48.0 Å². The summed E-state index contributed by atoms with van der Waals surface area (Å²) in [7, 11) is 0. The molecule has 0 aliphatic heterocycles. The first-order valence-corrected chi connectivity index (χ1v) is 6.64. The third-order valence-electron chi connectivity index (χ3n) is 2.92. The Labute approximate surface area is 118 Å². The number of anilines is 2. The number of benzene rings is 1. The molecular weight excluding hydrogens is 252 g/mol. The quantitative estimate of drug-likeness (QED) is 0.876. The fourth-order valence-corrected chi connectivity index (χ4v) is 1.75. The number of carbonyl (C=O) groups excluding carboxylic acids is 1. The van der Waals surface area contributed by atoms with Gasteiger partial charge in [0.2, 0.25) is 5.91 Å². The van der Waals surface area contributed by atoms with Crippen LogP contribution in [0.25, 0.3) is 0 Å². The van der Waals surface area contributed by atoms with Crippen LogP contribution in [0.5, 0.6) is 0 Å². The maximum absolute atomic E-state index is 11.2. The number of amides is 1. The molecule has 0 fully saturated rings. The van der Waals surface area contributed by atoms with Gasteiger partial charge in [-0.2, -0.15) is 0 Å². The van der Waals surface area contributed by atoms with E-state index in [0.717, 1.165) is 0 Å². The Hall–Kier alpha value is -2.43. The summed E-state index contributed by atoms with van der Waals surface area (Å²) in [6.07, 6.45) is 0.423. The van der Waals surface area contributed by atoms with Crippen LogP contribution in [0.3, 0.4) is 0 Å². The number of rotatable bonds is 5. The number of nitrogens with one attached hydrogen (secondary N) is 2. The molecule has 1 unspecified atom stereocenters. The highest BCUT2D eigenvalue weighted by molar-refractivity contribution is 5.89. The lowest BCUT2D eigenvalue weighted by Gasteiger charge is -2.14. The van der Waals surface area contributed by atoms with Gasteiger partial charge in [0.25, 0.3) is 0 Å². The van der Waals surface area contributed by atoms with Gasteiger partial charge in [0.1, 0.15) is 5.82 Å². The van der Waals surface area contributed by atoms with Crippen molar-refractivity contribution >= 4 is 17.5 Å². The molecule has 0 aliphatic rings. The van der Waals surface area contributed by atoms with Gasteiger partial charge in [-0.1, -0.05) is 37.3 Å². The Morgan fingerprint density at radius 3 is 2.35 bits per heavy atom. The molecule has 0 spiro atoms. The highest BCUT2D eigenvalue weighted by atomic mass is 16.1. The van der Waals surface area contributed by atoms with Gasteiger partial charge in [-0.3, -0.25) is 4.79 Å². The van der Waals surface area contributed by atoms with E-state index >= 15 is 0 Å². The largest absolute Gasteiger partial charge is 0.362 e. The maximum Gasteiger partial charge on any atom is 0.225 e. The van der Waals surface area contributed by atoms with Crippen molar-refractivity contribution in [1.29, 1.82) is 0 Å². The van der Waals surface area contributed by atoms with Crippen LogP contribution in [0.2, 0.25) is 0 Å². The summed E-state index contributed by atoms with van der Waals surface area (Å²) in [6.45, 7) is 3.85. The number of carbonyl (C=O) groups is 1. The molecule has 0 saturated carbocycles. The van der Waals surface area contributed by atoms with Gasteiger partial charge in [0.15, 0.2) is 5.82 Å². The smallest absolute Gasteiger partial charge is 0.225 e. The zero-order chi connectivity index (χ0) is 14.4. The van der Waals surface area contributed by atoms with E-state index in [1.807, 2.05) is 18.2 Å². The minimum atomic E-state index is -0.0716. The molecule has 20 heavy (non-hydrogen) atoms. The SMILES string of the molecule is CCC(=O)Nc1ccc(NC(C)c2ccccc2)nn1. The standard InChI is InChI=1S/C15H18N4O/c1-3-15(20)17-14-10-9-13(18-19-14)16-11(2)12-7-5-4-6-8-12/h4-11H,3H2,1-2H3,(H,16,18)(H,17,19,20). The van der Waals surface area contributed by atoms with Crippen LogP contribution in [-0.2, 0) is 4.79 Å². The van der Waals surface area contributed by atoms with E-state index in [9.17, 15) is 4.79 Å². The molecule has 0 saturated heterocycles. The summed E-state index contributed by atoms with van der Waals surface area (Å²) in [5.41, 5.74) is 1.18. The molecule has 1 heterocycles. The normalized spacial score (nSPS) is 11.7. The Kier molecular flexibility index (Phi) is 4.65. The van der Waals surface area contributed by atoms with Crippen LogP contribution in [-0.4, -0.2) is 16.1 Å². The average Bonchev–Trinajstić information content (AvgIpc) is 2.50. The maximum atomic E-state index is 11.2. The van der Waals surface area contributed by atoms with Crippen LogP contribution < -0.4 is 10.6 Å². The van der Waals surface area contributed by atoms with E-state index in [2.05, 4.69) is 39.9 Å². The summed E-state index contributed by atoms with van der Waals surface area (Å²) in [6, 6.07) is 13.8. The Bertz CT molecular complexity index is 554. The molecule has 2 N–H and O–H groups in total. The van der Waals surface area contributed by atoms with Crippen LogP contribution in [0.1, 0.15) is 31.9 Å². The predicted octanol–water partition coefficient (Wildman–Crippen LogP) is 3.00. The second kappa shape index (κ2) is 6.65. The van der Waals surface area contributed by atoms with Gasteiger partial charge in [-0.05, 0) is 24.6 Å². The molecule has 104 valence electrons. The van der Waals surface area contributed by atoms with Crippen molar-refractivity contribution in [2.75, 3.05) is 10.6 Å². The van der Waals surface area contributed by atoms with Crippen molar-refractivity contribution in [3.63, 3.8) is 0 Å². The second-order valence-electron chi connectivity index (χ2n) is 4.48. The zero-order valence-electron chi connectivity index (χ0n) is 11.6. The number of hydrogen-bond acceptors (Lipinski definition) is 4. The summed E-state index contributed by atoms with van der Waals surface area (Å²) < 4.78 is 0. The van der Waals surface area contributed by atoms with Crippen molar-refractivity contribution in [2.24, 2.45) is 0 Å². The molecule has 5 nitrogen and oxygen atoms in total. The summed E-state index contributed by atoms with van der Waals surface area (Å²) >= 11 is 0. The van der Waals surface area contributed by atoms with Crippen molar-refractivity contribution in [1.82, 2.24) is 10.2 Å². The van der Waals surface area contributed by atoms with Gasteiger partial charge >= 0.3 is 0 Å². The van der Waals surface area contributed by atoms with E-state index in [1.165, 1.54) is 5.56 Å². The molecule has 0 aliphatic carbocycles. The first-order chi connectivity index (χ1) is 9.69. The highest BCUT2D eigenvalue weighted by Gasteiger charge is 2.06. The lowest BCUT2D eigenvalue weighted by Crippen LogP contribution is -2.12. The number of nitrogens with zero attached hydrogens (tertiary/aromatic N) is 2. The molecule has 1 aromatic carbocycles. The van der Waals surface area contributed by atoms with Crippen molar-refractivity contribution in [2.45, 2.75) is 26.3 Å².